The van der Waals surface area contributed by atoms with Crippen molar-refractivity contribution in [2.75, 3.05) is 26.7 Å². The van der Waals surface area contributed by atoms with Crippen molar-refractivity contribution < 1.29 is 24.2 Å². The number of hydrogen-bond donors (Lipinski definition) is 1. The Morgan fingerprint density at radius 1 is 1.28 bits per heavy atom. The summed E-state index contributed by atoms with van der Waals surface area (Å²) in [7, 11) is 1.61. The van der Waals surface area contributed by atoms with Crippen LogP contribution in [0.1, 0.15) is 26.3 Å². The molecule has 1 amide bonds. The quantitative estimate of drug-likeness (QED) is 0.897. The van der Waals surface area contributed by atoms with Crippen molar-refractivity contribution in [3.8, 4) is 5.75 Å². The number of hydrogen-bond acceptors (Lipinski definition) is 5. The standard InChI is InChI=1S/C18H26N2O5/c1-18(2,3)25-17(23)20-9-8-19(12-15(20)16(21)22)11-13-6-5-7-14(10-13)24-4/h5-7,10,15H,8-9,11-12H2,1-4H3,(H,21,22)/t15-/m0/s1. The highest BCUT2D eigenvalue weighted by atomic mass is 16.6. The second-order valence-electron chi connectivity index (χ2n) is 7.11. The van der Waals surface area contributed by atoms with Crippen LogP contribution in [0, 0.1) is 0 Å². The van der Waals surface area contributed by atoms with Crippen LogP contribution in [0.5, 0.6) is 5.75 Å². The second-order valence-corrected chi connectivity index (χ2v) is 7.11. The summed E-state index contributed by atoms with van der Waals surface area (Å²) < 4.78 is 10.5. The van der Waals surface area contributed by atoms with Crippen LogP contribution in [-0.4, -0.2) is 65.4 Å². The average Bonchev–Trinajstić information content (AvgIpc) is 2.53. The fraction of sp³-hybridized carbons (Fsp3) is 0.556. The molecule has 1 aromatic carbocycles. The van der Waals surface area contributed by atoms with E-state index in [4.69, 9.17) is 9.47 Å². The summed E-state index contributed by atoms with van der Waals surface area (Å²) in [6.07, 6.45) is -0.582. The van der Waals surface area contributed by atoms with Gasteiger partial charge in [0, 0.05) is 26.2 Å². The maximum Gasteiger partial charge on any atom is 0.411 e. The van der Waals surface area contributed by atoms with E-state index in [2.05, 4.69) is 0 Å². The van der Waals surface area contributed by atoms with Crippen molar-refractivity contribution >= 4 is 12.1 Å². The lowest BCUT2D eigenvalue weighted by molar-refractivity contribution is -0.145. The van der Waals surface area contributed by atoms with E-state index in [1.165, 1.54) is 4.90 Å². The number of amides is 1. The Labute approximate surface area is 148 Å². The highest BCUT2D eigenvalue weighted by Crippen LogP contribution is 2.19. The van der Waals surface area contributed by atoms with Gasteiger partial charge in [-0.3, -0.25) is 9.80 Å². The number of benzene rings is 1. The largest absolute Gasteiger partial charge is 0.497 e. The van der Waals surface area contributed by atoms with Crippen molar-refractivity contribution in [3.05, 3.63) is 29.8 Å². The number of piperazine rings is 1. The number of ether oxygens (including phenoxy) is 2. The van der Waals surface area contributed by atoms with E-state index >= 15 is 0 Å². The molecule has 0 radical (unpaired) electrons. The van der Waals surface area contributed by atoms with Crippen LogP contribution in [0.3, 0.4) is 0 Å². The number of methoxy groups -OCH3 is 1. The molecule has 7 nitrogen and oxygen atoms in total. The molecule has 1 aliphatic heterocycles. The van der Waals surface area contributed by atoms with E-state index in [1.807, 2.05) is 29.2 Å². The third-order valence-corrected chi connectivity index (χ3v) is 3.92. The number of carbonyl (C=O) groups excluding carboxylic acids is 1. The molecule has 0 spiro atoms. The minimum atomic E-state index is -1.03. The van der Waals surface area contributed by atoms with Crippen molar-refractivity contribution in [1.29, 1.82) is 0 Å². The molecule has 1 fully saturated rings. The van der Waals surface area contributed by atoms with Gasteiger partial charge in [0.05, 0.1) is 7.11 Å². The Hall–Kier alpha value is -2.28. The first-order valence-electron chi connectivity index (χ1n) is 8.27. The summed E-state index contributed by atoms with van der Waals surface area (Å²) in [6, 6.07) is 6.74. The molecule has 1 heterocycles. The van der Waals surface area contributed by atoms with Gasteiger partial charge in [-0.15, -0.1) is 0 Å². The summed E-state index contributed by atoms with van der Waals surface area (Å²) in [5, 5.41) is 9.53. The average molecular weight is 350 g/mol. The third-order valence-electron chi connectivity index (χ3n) is 3.92. The highest BCUT2D eigenvalue weighted by Gasteiger charge is 2.37. The molecular formula is C18H26N2O5. The van der Waals surface area contributed by atoms with Gasteiger partial charge in [0.25, 0.3) is 0 Å². The second kappa shape index (κ2) is 7.74. The fourth-order valence-corrected chi connectivity index (χ4v) is 2.76. The zero-order valence-corrected chi connectivity index (χ0v) is 15.2. The van der Waals surface area contributed by atoms with Gasteiger partial charge in [-0.25, -0.2) is 9.59 Å². The molecule has 0 bridgehead atoms. The van der Waals surface area contributed by atoms with Crippen LogP contribution in [0.4, 0.5) is 4.79 Å². The number of rotatable bonds is 4. The van der Waals surface area contributed by atoms with E-state index in [1.54, 1.807) is 27.9 Å². The molecule has 7 heteroatoms. The SMILES string of the molecule is COc1cccc(CN2CCN(C(=O)OC(C)(C)C)[C@H](C(=O)O)C2)c1. The molecule has 1 aromatic rings. The van der Waals surface area contributed by atoms with E-state index in [9.17, 15) is 14.7 Å². The predicted octanol–water partition coefficient (Wildman–Crippen LogP) is 2.20. The molecule has 138 valence electrons. The summed E-state index contributed by atoms with van der Waals surface area (Å²) in [4.78, 5) is 27.2. The number of carbonyl (C=O) groups is 2. The minimum Gasteiger partial charge on any atom is -0.497 e. The van der Waals surface area contributed by atoms with Crippen molar-refractivity contribution in [1.82, 2.24) is 9.80 Å². The Morgan fingerprint density at radius 3 is 2.60 bits per heavy atom. The molecule has 1 saturated heterocycles. The fourth-order valence-electron chi connectivity index (χ4n) is 2.76. The summed E-state index contributed by atoms with van der Waals surface area (Å²) >= 11 is 0. The molecule has 1 N–H and O–H groups in total. The molecule has 0 unspecified atom stereocenters. The van der Waals surface area contributed by atoms with Gasteiger partial charge in [0.1, 0.15) is 17.4 Å². The zero-order valence-electron chi connectivity index (χ0n) is 15.2. The number of carboxylic acid groups (broad SMARTS) is 1. The predicted molar refractivity (Wildman–Crippen MR) is 92.6 cm³/mol. The Kier molecular flexibility index (Phi) is 5.89. The topological polar surface area (TPSA) is 79.3 Å². The van der Waals surface area contributed by atoms with Gasteiger partial charge in [-0.2, -0.15) is 0 Å². The van der Waals surface area contributed by atoms with E-state index in [0.717, 1.165) is 11.3 Å². The minimum absolute atomic E-state index is 0.256. The number of aliphatic carboxylic acids is 1. The smallest absolute Gasteiger partial charge is 0.411 e. The summed E-state index contributed by atoms with van der Waals surface area (Å²) in [5.74, 6) is -0.263. The normalized spacial score (nSPS) is 18.7. The monoisotopic (exact) mass is 350 g/mol. The third kappa shape index (κ3) is 5.35. The lowest BCUT2D eigenvalue weighted by Gasteiger charge is -2.39. The first-order chi connectivity index (χ1) is 11.7. The summed E-state index contributed by atoms with van der Waals surface area (Å²) in [6.45, 7) is 7.05. The van der Waals surface area contributed by atoms with Gasteiger partial charge in [0.15, 0.2) is 0 Å². The van der Waals surface area contributed by atoms with Gasteiger partial charge in [-0.1, -0.05) is 12.1 Å². The lowest BCUT2D eigenvalue weighted by Crippen LogP contribution is -2.58. The lowest BCUT2D eigenvalue weighted by atomic mass is 10.1. The Balaban J connectivity index is 2.05. The highest BCUT2D eigenvalue weighted by molar-refractivity contribution is 5.80. The van der Waals surface area contributed by atoms with Crippen LogP contribution in [-0.2, 0) is 16.1 Å². The van der Waals surface area contributed by atoms with Crippen molar-refractivity contribution in [2.45, 2.75) is 39.0 Å². The van der Waals surface area contributed by atoms with Crippen LogP contribution in [0.25, 0.3) is 0 Å². The maximum atomic E-state index is 12.3. The molecule has 0 saturated carbocycles. The number of nitrogens with zero attached hydrogens (tertiary/aromatic N) is 2. The first kappa shape index (κ1) is 19.1. The first-order valence-corrected chi connectivity index (χ1v) is 8.27. The van der Waals surface area contributed by atoms with E-state index in [-0.39, 0.29) is 6.54 Å². The molecule has 2 rings (SSSR count). The van der Waals surface area contributed by atoms with Crippen LogP contribution >= 0.6 is 0 Å². The van der Waals surface area contributed by atoms with Gasteiger partial charge < -0.3 is 14.6 Å². The molecule has 0 aromatic heterocycles. The van der Waals surface area contributed by atoms with Gasteiger partial charge in [0.2, 0.25) is 0 Å². The molecule has 25 heavy (non-hydrogen) atoms. The van der Waals surface area contributed by atoms with Crippen molar-refractivity contribution in [3.63, 3.8) is 0 Å². The van der Waals surface area contributed by atoms with E-state index < -0.39 is 23.7 Å². The van der Waals surface area contributed by atoms with E-state index in [0.29, 0.717) is 19.6 Å². The van der Waals surface area contributed by atoms with Crippen LogP contribution in [0.15, 0.2) is 24.3 Å². The van der Waals surface area contributed by atoms with Crippen molar-refractivity contribution in [2.24, 2.45) is 0 Å². The zero-order chi connectivity index (χ0) is 18.6. The maximum absolute atomic E-state index is 12.3. The number of carboxylic acids is 1. The Morgan fingerprint density at radius 2 is 2.00 bits per heavy atom. The molecule has 1 atom stereocenters. The van der Waals surface area contributed by atoms with Crippen LogP contribution < -0.4 is 4.74 Å². The summed E-state index contributed by atoms with van der Waals surface area (Å²) in [5.41, 5.74) is 0.381. The molecule has 1 aliphatic rings. The van der Waals surface area contributed by atoms with Gasteiger partial charge >= 0.3 is 12.1 Å². The van der Waals surface area contributed by atoms with Crippen LogP contribution in [0.2, 0.25) is 0 Å². The Bertz CT molecular complexity index is 626. The molecular weight excluding hydrogens is 324 g/mol. The van der Waals surface area contributed by atoms with Gasteiger partial charge in [-0.05, 0) is 38.5 Å². The molecule has 0 aliphatic carbocycles.